The van der Waals surface area contributed by atoms with Crippen LogP contribution in [0.1, 0.15) is 51.9 Å². The van der Waals surface area contributed by atoms with Gasteiger partial charge in [-0.3, -0.25) is 0 Å². The molecule has 0 aromatic carbocycles. The summed E-state index contributed by atoms with van der Waals surface area (Å²) in [4.78, 5) is 0. The Bertz CT molecular complexity index is 167. The molecule has 4 atom stereocenters. The number of hydrogen-bond donors (Lipinski definition) is 1. The van der Waals surface area contributed by atoms with Crippen molar-refractivity contribution in [2.45, 2.75) is 57.9 Å². The maximum Gasteiger partial charge on any atom is 0.00982 e. The zero-order chi connectivity index (χ0) is 9.26. The topological polar surface area (TPSA) is 26.0 Å². The summed E-state index contributed by atoms with van der Waals surface area (Å²) in [5.41, 5.74) is 6.35. The van der Waals surface area contributed by atoms with Gasteiger partial charge < -0.3 is 5.73 Å². The van der Waals surface area contributed by atoms with Crippen LogP contribution in [0.15, 0.2) is 0 Å². The van der Waals surface area contributed by atoms with Crippen molar-refractivity contribution in [1.29, 1.82) is 0 Å². The minimum atomic E-state index is 0.543. The molecule has 76 valence electrons. The molecule has 0 amide bonds. The normalized spacial score (nSPS) is 45.7. The summed E-state index contributed by atoms with van der Waals surface area (Å²) in [6.07, 6.45) is 9.92. The van der Waals surface area contributed by atoms with Crippen molar-refractivity contribution in [2.24, 2.45) is 23.5 Å². The predicted octanol–water partition coefficient (Wildman–Crippen LogP) is 2.94. The molecule has 0 radical (unpaired) electrons. The third kappa shape index (κ3) is 1.76. The van der Waals surface area contributed by atoms with E-state index in [2.05, 4.69) is 6.92 Å². The molecule has 0 heterocycles. The van der Waals surface area contributed by atoms with Crippen LogP contribution in [0, 0.1) is 17.8 Å². The van der Waals surface area contributed by atoms with E-state index in [4.69, 9.17) is 5.73 Å². The monoisotopic (exact) mass is 181 g/mol. The third-order valence-corrected chi connectivity index (χ3v) is 4.44. The predicted molar refractivity (Wildman–Crippen MR) is 56.4 cm³/mol. The lowest BCUT2D eigenvalue weighted by molar-refractivity contribution is 0.144. The van der Waals surface area contributed by atoms with Gasteiger partial charge in [0.2, 0.25) is 0 Å². The van der Waals surface area contributed by atoms with Crippen molar-refractivity contribution in [2.75, 3.05) is 0 Å². The fourth-order valence-corrected chi connectivity index (χ4v) is 3.56. The molecule has 2 rings (SSSR count). The molecule has 2 aliphatic rings. The quantitative estimate of drug-likeness (QED) is 0.661. The summed E-state index contributed by atoms with van der Waals surface area (Å²) in [6.45, 7) is 2.34. The first kappa shape index (κ1) is 9.51. The highest BCUT2D eigenvalue weighted by molar-refractivity contribution is 4.91. The Morgan fingerprint density at radius 1 is 1.08 bits per heavy atom. The average Bonchev–Trinajstić information content (AvgIpc) is 2.28. The van der Waals surface area contributed by atoms with Crippen molar-refractivity contribution in [3.05, 3.63) is 0 Å². The summed E-state index contributed by atoms with van der Waals surface area (Å²) in [5, 5.41) is 0. The third-order valence-electron chi connectivity index (χ3n) is 4.44. The molecule has 2 bridgehead atoms. The molecule has 13 heavy (non-hydrogen) atoms. The minimum absolute atomic E-state index is 0.543. The van der Waals surface area contributed by atoms with Crippen LogP contribution in [0.3, 0.4) is 0 Å². The highest BCUT2D eigenvalue weighted by Crippen LogP contribution is 2.42. The van der Waals surface area contributed by atoms with E-state index < -0.39 is 0 Å². The van der Waals surface area contributed by atoms with E-state index in [0.29, 0.717) is 6.04 Å². The minimum Gasteiger partial charge on any atom is -0.327 e. The van der Waals surface area contributed by atoms with Gasteiger partial charge in [0.25, 0.3) is 0 Å². The first-order valence-corrected chi connectivity index (χ1v) is 6.08. The van der Waals surface area contributed by atoms with Gasteiger partial charge in [0.1, 0.15) is 0 Å². The Hall–Kier alpha value is -0.0400. The largest absolute Gasteiger partial charge is 0.327 e. The van der Waals surface area contributed by atoms with E-state index in [1.807, 2.05) is 0 Å². The van der Waals surface area contributed by atoms with E-state index in [1.165, 1.54) is 44.9 Å². The van der Waals surface area contributed by atoms with E-state index >= 15 is 0 Å². The standard InChI is InChI=1S/C12H23N/c1-2-9-7-8-10-5-3-4-6-11(9)12(10)13/h9-12H,2-8,13H2,1H3/t9?,10-,11?,12+/m0/s1. The number of nitrogens with two attached hydrogens (primary N) is 1. The Morgan fingerprint density at radius 3 is 2.62 bits per heavy atom. The molecular weight excluding hydrogens is 158 g/mol. The van der Waals surface area contributed by atoms with Gasteiger partial charge in [0.15, 0.2) is 0 Å². The Kier molecular flexibility index (Phi) is 2.92. The van der Waals surface area contributed by atoms with Crippen LogP contribution in [0.2, 0.25) is 0 Å². The molecule has 2 saturated carbocycles. The van der Waals surface area contributed by atoms with Gasteiger partial charge in [-0.05, 0) is 43.4 Å². The summed E-state index contributed by atoms with van der Waals surface area (Å²) < 4.78 is 0. The Morgan fingerprint density at radius 2 is 1.85 bits per heavy atom. The maximum atomic E-state index is 6.35. The van der Waals surface area contributed by atoms with E-state index in [-0.39, 0.29) is 0 Å². The first-order valence-electron chi connectivity index (χ1n) is 6.08. The van der Waals surface area contributed by atoms with Crippen LogP contribution >= 0.6 is 0 Å². The zero-order valence-corrected chi connectivity index (χ0v) is 8.84. The van der Waals surface area contributed by atoms with Gasteiger partial charge >= 0.3 is 0 Å². The van der Waals surface area contributed by atoms with Crippen molar-refractivity contribution in [1.82, 2.24) is 0 Å². The second kappa shape index (κ2) is 4.00. The highest BCUT2D eigenvalue weighted by Gasteiger charge is 2.37. The lowest BCUT2D eigenvalue weighted by Crippen LogP contribution is -2.43. The number of rotatable bonds is 1. The van der Waals surface area contributed by atoms with Crippen LogP contribution in [0.5, 0.6) is 0 Å². The van der Waals surface area contributed by atoms with Crippen LogP contribution < -0.4 is 5.73 Å². The molecule has 2 aliphatic carbocycles. The molecule has 2 fully saturated rings. The average molecular weight is 181 g/mol. The summed E-state index contributed by atoms with van der Waals surface area (Å²) in [7, 11) is 0. The van der Waals surface area contributed by atoms with E-state index in [1.54, 1.807) is 0 Å². The van der Waals surface area contributed by atoms with Crippen LogP contribution in [0.4, 0.5) is 0 Å². The van der Waals surface area contributed by atoms with Crippen molar-refractivity contribution in [3.63, 3.8) is 0 Å². The lowest BCUT2D eigenvalue weighted by Gasteiger charge is -2.39. The SMILES string of the molecule is CCC1CC[C@@H]2CCCCC1[C@@H]2N. The fourth-order valence-electron chi connectivity index (χ4n) is 3.56. The number of hydrogen-bond acceptors (Lipinski definition) is 1. The van der Waals surface area contributed by atoms with Crippen LogP contribution in [-0.4, -0.2) is 6.04 Å². The Labute approximate surface area is 82.1 Å². The van der Waals surface area contributed by atoms with Gasteiger partial charge in [-0.1, -0.05) is 26.2 Å². The summed E-state index contributed by atoms with van der Waals surface area (Å²) >= 11 is 0. The first-order chi connectivity index (χ1) is 6.33. The second-order valence-electron chi connectivity index (χ2n) is 5.03. The van der Waals surface area contributed by atoms with Gasteiger partial charge in [-0.15, -0.1) is 0 Å². The van der Waals surface area contributed by atoms with Crippen LogP contribution in [-0.2, 0) is 0 Å². The maximum absolute atomic E-state index is 6.35. The highest BCUT2D eigenvalue weighted by atomic mass is 14.7. The van der Waals surface area contributed by atoms with Crippen LogP contribution in [0.25, 0.3) is 0 Å². The lowest BCUT2D eigenvalue weighted by atomic mass is 9.69. The van der Waals surface area contributed by atoms with Gasteiger partial charge in [-0.2, -0.15) is 0 Å². The van der Waals surface area contributed by atoms with Gasteiger partial charge in [0.05, 0.1) is 0 Å². The fraction of sp³-hybridized carbons (Fsp3) is 1.00. The Balaban J connectivity index is 2.09. The molecule has 0 aromatic heterocycles. The second-order valence-corrected chi connectivity index (χ2v) is 5.03. The molecule has 2 N–H and O–H groups in total. The van der Waals surface area contributed by atoms with E-state index in [0.717, 1.165) is 17.8 Å². The smallest absolute Gasteiger partial charge is 0.00982 e. The molecule has 2 unspecified atom stereocenters. The molecule has 0 aliphatic heterocycles. The molecule has 0 saturated heterocycles. The van der Waals surface area contributed by atoms with Crippen molar-refractivity contribution in [3.8, 4) is 0 Å². The molecule has 0 aromatic rings. The van der Waals surface area contributed by atoms with Crippen molar-refractivity contribution < 1.29 is 0 Å². The van der Waals surface area contributed by atoms with Crippen molar-refractivity contribution >= 4 is 0 Å². The van der Waals surface area contributed by atoms with E-state index in [9.17, 15) is 0 Å². The number of fused-ring (bicyclic) bond motifs is 2. The molecule has 1 nitrogen and oxygen atoms in total. The molecule has 1 heteroatoms. The zero-order valence-electron chi connectivity index (χ0n) is 8.84. The molecular formula is C12H23N. The summed E-state index contributed by atoms with van der Waals surface area (Å²) in [6, 6.07) is 0.543. The molecule has 0 spiro atoms. The van der Waals surface area contributed by atoms with Gasteiger partial charge in [-0.25, -0.2) is 0 Å². The van der Waals surface area contributed by atoms with Gasteiger partial charge in [0, 0.05) is 6.04 Å². The summed E-state index contributed by atoms with van der Waals surface area (Å²) in [5.74, 6) is 2.69.